The van der Waals surface area contributed by atoms with E-state index in [0.29, 0.717) is 11.7 Å². The zero-order valence-electron chi connectivity index (χ0n) is 7.59. The van der Waals surface area contributed by atoms with Gasteiger partial charge in [0.2, 0.25) is 0 Å². The van der Waals surface area contributed by atoms with Crippen LogP contribution < -0.4 is 0 Å². The molecule has 0 N–H and O–H groups in total. The quantitative estimate of drug-likeness (QED) is 0.620. The van der Waals surface area contributed by atoms with Crippen LogP contribution >= 0.6 is 0 Å². The van der Waals surface area contributed by atoms with E-state index in [1.807, 2.05) is 0 Å². The van der Waals surface area contributed by atoms with E-state index in [4.69, 9.17) is 0 Å². The Labute approximate surface area is 73.9 Å². The summed E-state index contributed by atoms with van der Waals surface area (Å²) in [6.07, 6.45) is 5.80. The van der Waals surface area contributed by atoms with Gasteiger partial charge in [-0.1, -0.05) is 0 Å². The zero-order valence-corrected chi connectivity index (χ0v) is 7.59. The average Bonchev–Trinajstić information content (AvgIpc) is 2.65. The van der Waals surface area contributed by atoms with Crippen molar-refractivity contribution in [3.05, 3.63) is 0 Å². The smallest absolute Gasteiger partial charge is 0.137 e. The van der Waals surface area contributed by atoms with Crippen molar-refractivity contribution >= 4 is 5.78 Å². The molecular formula is C10H17NO. The van der Waals surface area contributed by atoms with Crippen LogP contribution in [0.1, 0.15) is 32.1 Å². The molecule has 1 atom stereocenters. The lowest BCUT2D eigenvalue weighted by Gasteiger charge is -2.18. The summed E-state index contributed by atoms with van der Waals surface area (Å²) >= 11 is 0. The predicted molar refractivity (Wildman–Crippen MR) is 48.0 cm³/mol. The van der Waals surface area contributed by atoms with E-state index in [-0.39, 0.29) is 0 Å². The van der Waals surface area contributed by atoms with Gasteiger partial charge >= 0.3 is 0 Å². The fourth-order valence-electron chi connectivity index (χ4n) is 2.36. The second-order valence-corrected chi connectivity index (χ2v) is 4.06. The van der Waals surface area contributed by atoms with E-state index in [2.05, 4.69) is 4.90 Å². The molecule has 1 aliphatic carbocycles. The fraction of sp³-hybridized carbons (Fsp3) is 0.900. The first-order valence-electron chi connectivity index (χ1n) is 5.11. The van der Waals surface area contributed by atoms with E-state index in [1.165, 1.54) is 25.9 Å². The van der Waals surface area contributed by atoms with E-state index in [9.17, 15) is 4.79 Å². The van der Waals surface area contributed by atoms with E-state index in [1.54, 1.807) is 0 Å². The minimum absolute atomic E-state index is 0.392. The highest BCUT2D eigenvalue weighted by atomic mass is 16.1. The van der Waals surface area contributed by atoms with Gasteiger partial charge in [-0.2, -0.15) is 0 Å². The van der Waals surface area contributed by atoms with E-state index in [0.717, 1.165) is 25.8 Å². The SMILES string of the molecule is O=C1CCC[C@H]1CN1CCCC1. The fourth-order valence-corrected chi connectivity index (χ4v) is 2.36. The Bertz CT molecular complexity index is 173. The summed E-state index contributed by atoms with van der Waals surface area (Å²) in [7, 11) is 0. The summed E-state index contributed by atoms with van der Waals surface area (Å²) < 4.78 is 0. The first-order valence-corrected chi connectivity index (χ1v) is 5.11. The van der Waals surface area contributed by atoms with Gasteiger partial charge in [-0.05, 0) is 38.8 Å². The number of ketones is 1. The molecule has 0 aromatic rings. The van der Waals surface area contributed by atoms with Gasteiger partial charge < -0.3 is 4.90 Å². The number of hydrogen-bond acceptors (Lipinski definition) is 2. The maximum atomic E-state index is 11.3. The van der Waals surface area contributed by atoms with Gasteiger partial charge in [-0.15, -0.1) is 0 Å². The Morgan fingerprint density at radius 2 is 2.00 bits per heavy atom. The van der Waals surface area contributed by atoms with Crippen molar-refractivity contribution in [2.75, 3.05) is 19.6 Å². The normalized spacial score (nSPS) is 31.7. The molecule has 1 aliphatic heterocycles. The Morgan fingerprint density at radius 3 is 2.58 bits per heavy atom. The molecule has 0 spiro atoms. The lowest BCUT2D eigenvalue weighted by Crippen LogP contribution is -2.28. The molecule has 1 saturated carbocycles. The standard InChI is InChI=1S/C10H17NO/c12-10-5-3-4-9(10)8-11-6-1-2-7-11/h9H,1-8H2/t9-/m0/s1. The zero-order chi connectivity index (χ0) is 8.39. The number of carbonyl (C=O) groups is 1. The van der Waals surface area contributed by atoms with Crippen molar-refractivity contribution < 1.29 is 4.79 Å². The second-order valence-electron chi connectivity index (χ2n) is 4.06. The van der Waals surface area contributed by atoms with Gasteiger partial charge in [-0.3, -0.25) is 4.79 Å². The van der Waals surface area contributed by atoms with Crippen LogP contribution in [-0.2, 0) is 4.79 Å². The molecule has 2 aliphatic rings. The summed E-state index contributed by atoms with van der Waals surface area (Å²) in [5.74, 6) is 0.907. The van der Waals surface area contributed by atoms with Crippen LogP contribution in [-0.4, -0.2) is 30.3 Å². The largest absolute Gasteiger partial charge is 0.303 e. The lowest BCUT2D eigenvalue weighted by molar-refractivity contribution is -0.121. The van der Waals surface area contributed by atoms with Crippen molar-refractivity contribution in [1.82, 2.24) is 4.90 Å². The third-order valence-electron chi connectivity index (χ3n) is 3.11. The highest BCUT2D eigenvalue weighted by Crippen LogP contribution is 2.23. The molecule has 12 heavy (non-hydrogen) atoms. The second kappa shape index (κ2) is 3.56. The van der Waals surface area contributed by atoms with E-state index < -0.39 is 0 Å². The molecule has 2 nitrogen and oxygen atoms in total. The number of likely N-dealkylation sites (tertiary alicyclic amines) is 1. The maximum absolute atomic E-state index is 11.3. The summed E-state index contributed by atoms with van der Waals surface area (Å²) in [5.41, 5.74) is 0. The summed E-state index contributed by atoms with van der Waals surface area (Å²) in [4.78, 5) is 13.8. The molecule has 0 aromatic carbocycles. The van der Waals surface area contributed by atoms with Crippen LogP contribution in [0.5, 0.6) is 0 Å². The van der Waals surface area contributed by atoms with Gasteiger partial charge in [-0.25, -0.2) is 0 Å². The van der Waals surface area contributed by atoms with Crippen LogP contribution in [0.2, 0.25) is 0 Å². The van der Waals surface area contributed by atoms with Crippen LogP contribution in [0.4, 0.5) is 0 Å². The van der Waals surface area contributed by atoms with Crippen molar-refractivity contribution in [3.63, 3.8) is 0 Å². The van der Waals surface area contributed by atoms with Crippen molar-refractivity contribution in [3.8, 4) is 0 Å². The monoisotopic (exact) mass is 167 g/mol. The Balaban J connectivity index is 1.81. The van der Waals surface area contributed by atoms with E-state index >= 15 is 0 Å². The van der Waals surface area contributed by atoms with Gasteiger partial charge in [0, 0.05) is 18.9 Å². The van der Waals surface area contributed by atoms with Crippen molar-refractivity contribution in [2.45, 2.75) is 32.1 Å². The highest BCUT2D eigenvalue weighted by molar-refractivity contribution is 5.83. The highest BCUT2D eigenvalue weighted by Gasteiger charge is 2.26. The van der Waals surface area contributed by atoms with Gasteiger partial charge in [0.1, 0.15) is 5.78 Å². The van der Waals surface area contributed by atoms with Crippen LogP contribution in [0.3, 0.4) is 0 Å². The van der Waals surface area contributed by atoms with Crippen LogP contribution in [0.25, 0.3) is 0 Å². The molecule has 1 heterocycles. The molecule has 68 valence electrons. The lowest BCUT2D eigenvalue weighted by atomic mass is 10.1. The third-order valence-corrected chi connectivity index (χ3v) is 3.11. The molecule has 0 amide bonds. The minimum Gasteiger partial charge on any atom is -0.303 e. The molecule has 0 aromatic heterocycles. The van der Waals surface area contributed by atoms with Crippen molar-refractivity contribution in [1.29, 1.82) is 0 Å². The Hall–Kier alpha value is -0.370. The van der Waals surface area contributed by atoms with Gasteiger partial charge in [0.05, 0.1) is 0 Å². The molecule has 0 unspecified atom stereocenters. The number of Topliss-reactive ketones (excluding diaryl/α,β-unsaturated/α-hetero) is 1. The molecule has 1 saturated heterocycles. The van der Waals surface area contributed by atoms with Gasteiger partial charge in [0.25, 0.3) is 0 Å². The molecule has 0 bridgehead atoms. The topological polar surface area (TPSA) is 20.3 Å². The minimum atomic E-state index is 0.392. The molecule has 2 rings (SSSR count). The number of hydrogen-bond donors (Lipinski definition) is 0. The maximum Gasteiger partial charge on any atom is 0.137 e. The van der Waals surface area contributed by atoms with Crippen LogP contribution in [0.15, 0.2) is 0 Å². The third kappa shape index (κ3) is 1.69. The molecule has 2 heteroatoms. The Morgan fingerprint density at radius 1 is 1.25 bits per heavy atom. The number of carbonyl (C=O) groups excluding carboxylic acids is 1. The first kappa shape index (κ1) is 8.24. The van der Waals surface area contributed by atoms with Crippen molar-refractivity contribution in [2.24, 2.45) is 5.92 Å². The number of nitrogens with zero attached hydrogens (tertiary/aromatic N) is 1. The summed E-state index contributed by atoms with van der Waals surface area (Å²) in [6.45, 7) is 3.51. The predicted octanol–water partition coefficient (Wildman–Crippen LogP) is 1.45. The Kier molecular flexibility index (Phi) is 2.45. The molecular weight excluding hydrogens is 150 g/mol. The van der Waals surface area contributed by atoms with Gasteiger partial charge in [0.15, 0.2) is 0 Å². The molecule has 2 fully saturated rings. The first-order chi connectivity index (χ1) is 5.86. The average molecular weight is 167 g/mol. The summed E-state index contributed by atoms with van der Waals surface area (Å²) in [6, 6.07) is 0. The summed E-state index contributed by atoms with van der Waals surface area (Å²) in [5, 5.41) is 0. The number of rotatable bonds is 2. The van der Waals surface area contributed by atoms with Crippen LogP contribution in [0, 0.1) is 5.92 Å². The molecule has 0 radical (unpaired) electrons.